The Morgan fingerprint density at radius 3 is 2.26 bits per heavy atom. The summed E-state index contributed by atoms with van der Waals surface area (Å²) < 4.78 is 5.73. The quantitative estimate of drug-likeness (QED) is 0.371. The molecule has 0 radical (unpaired) electrons. The first-order chi connectivity index (χ1) is 18.5. The van der Waals surface area contributed by atoms with Gasteiger partial charge in [0.15, 0.2) is 0 Å². The Hall–Kier alpha value is -3.15. The first kappa shape index (κ1) is 26.5. The lowest BCUT2D eigenvalue weighted by atomic mass is 9.66. The van der Waals surface area contributed by atoms with E-state index in [0.29, 0.717) is 19.0 Å². The smallest absolute Gasteiger partial charge is 0.308 e. The fourth-order valence-electron chi connectivity index (χ4n) is 6.83. The predicted molar refractivity (Wildman–Crippen MR) is 151 cm³/mol. The van der Waals surface area contributed by atoms with E-state index in [1.54, 1.807) is 7.11 Å². The number of aliphatic carboxylic acids is 1. The number of hydrogen-bond donors (Lipinski definition) is 2. The van der Waals surface area contributed by atoms with Crippen molar-refractivity contribution in [3.8, 4) is 5.75 Å². The third kappa shape index (κ3) is 5.50. The minimum Gasteiger partial charge on any atom is -0.496 e. The van der Waals surface area contributed by atoms with Crippen molar-refractivity contribution in [3.05, 3.63) is 101 Å². The van der Waals surface area contributed by atoms with Crippen LogP contribution in [0.15, 0.2) is 78.9 Å². The highest BCUT2D eigenvalue weighted by Crippen LogP contribution is 2.44. The van der Waals surface area contributed by atoms with Crippen molar-refractivity contribution in [3.63, 3.8) is 0 Å². The summed E-state index contributed by atoms with van der Waals surface area (Å²) in [4.78, 5) is 14.8. The molecule has 3 heterocycles. The van der Waals surface area contributed by atoms with Gasteiger partial charge in [0, 0.05) is 36.7 Å². The molecule has 5 nitrogen and oxygen atoms in total. The Morgan fingerprint density at radius 1 is 1.03 bits per heavy atom. The molecule has 3 aliphatic rings. The molecule has 3 saturated heterocycles. The molecule has 38 heavy (non-hydrogen) atoms. The number of nitrogens with zero attached hydrogens (tertiary/aromatic N) is 1. The van der Waals surface area contributed by atoms with Crippen LogP contribution in [0.1, 0.15) is 48.4 Å². The number of carboxylic acids is 1. The van der Waals surface area contributed by atoms with E-state index in [1.165, 1.54) is 16.7 Å². The average molecular weight is 513 g/mol. The Bertz CT molecular complexity index is 1170. The van der Waals surface area contributed by atoms with Gasteiger partial charge in [-0.25, -0.2) is 0 Å². The summed E-state index contributed by atoms with van der Waals surface area (Å²) in [6.45, 7) is 6.65. The monoisotopic (exact) mass is 512 g/mol. The van der Waals surface area contributed by atoms with E-state index in [-0.39, 0.29) is 29.8 Å². The largest absolute Gasteiger partial charge is 0.496 e. The maximum absolute atomic E-state index is 12.4. The van der Waals surface area contributed by atoms with Gasteiger partial charge in [0.05, 0.1) is 13.0 Å². The topological polar surface area (TPSA) is 61.8 Å². The second-order valence-electron chi connectivity index (χ2n) is 11.3. The minimum atomic E-state index is -0.683. The van der Waals surface area contributed by atoms with Gasteiger partial charge >= 0.3 is 5.97 Å². The highest BCUT2D eigenvalue weighted by Gasteiger charge is 2.52. The van der Waals surface area contributed by atoms with Gasteiger partial charge in [-0.2, -0.15) is 0 Å². The average Bonchev–Trinajstić information content (AvgIpc) is 2.93. The van der Waals surface area contributed by atoms with Crippen molar-refractivity contribution in [1.82, 2.24) is 10.2 Å². The fourth-order valence-corrected chi connectivity index (χ4v) is 6.83. The summed E-state index contributed by atoms with van der Waals surface area (Å²) in [6.07, 6.45) is 1.91. The molecule has 5 atom stereocenters. The molecule has 3 aromatic carbocycles. The summed E-state index contributed by atoms with van der Waals surface area (Å²) in [5, 5.41) is 14.0. The van der Waals surface area contributed by atoms with Gasteiger partial charge in [0.2, 0.25) is 0 Å². The third-order valence-electron chi connectivity index (χ3n) is 8.44. The summed E-state index contributed by atoms with van der Waals surface area (Å²) >= 11 is 0. The molecule has 0 saturated carbocycles. The molecule has 200 valence electrons. The Morgan fingerprint density at radius 2 is 1.68 bits per heavy atom. The van der Waals surface area contributed by atoms with Crippen LogP contribution < -0.4 is 10.1 Å². The van der Waals surface area contributed by atoms with E-state index in [9.17, 15) is 9.90 Å². The van der Waals surface area contributed by atoms with Crippen LogP contribution >= 0.6 is 0 Å². The molecular weight excluding hydrogens is 472 g/mol. The minimum absolute atomic E-state index is 0.0301. The summed E-state index contributed by atoms with van der Waals surface area (Å²) in [5.41, 5.74) is 4.97. The number of carboxylic acid groups (broad SMARTS) is 1. The summed E-state index contributed by atoms with van der Waals surface area (Å²) in [7, 11) is 1.72. The van der Waals surface area contributed by atoms with E-state index in [1.807, 2.05) is 0 Å². The van der Waals surface area contributed by atoms with Crippen molar-refractivity contribution in [2.24, 2.45) is 17.8 Å². The van der Waals surface area contributed by atoms with Crippen LogP contribution in [0.25, 0.3) is 0 Å². The number of benzene rings is 3. The highest BCUT2D eigenvalue weighted by molar-refractivity contribution is 5.71. The first-order valence-corrected chi connectivity index (χ1v) is 13.9. The maximum Gasteiger partial charge on any atom is 0.308 e. The Balaban J connectivity index is 1.52. The van der Waals surface area contributed by atoms with Crippen LogP contribution in [0.4, 0.5) is 0 Å². The van der Waals surface area contributed by atoms with Crippen molar-refractivity contribution in [2.75, 3.05) is 20.2 Å². The van der Waals surface area contributed by atoms with E-state index < -0.39 is 5.97 Å². The molecule has 5 unspecified atom stereocenters. The van der Waals surface area contributed by atoms with Crippen LogP contribution in [0.3, 0.4) is 0 Å². The van der Waals surface area contributed by atoms with Gasteiger partial charge in [-0.15, -0.1) is 0 Å². The van der Waals surface area contributed by atoms with Crippen LogP contribution in [0.5, 0.6) is 5.75 Å². The fraction of sp³-hybridized carbons (Fsp3) is 0.424. The van der Waals surface area contributed by atoms with Crippen molar-refractivity contribution < 1.29 is 14.6 Å². The molecular formula is C33H40N2O3. The lowest BCUT2D eigenvalue weighted by Crippen LogP contribution is -2.68. The van der Waals surface area contributed by atoms with E-state index in [2.05, 4.69) is 103 Å². The zero-order chi connectivity index (χ0) is 26.6. The molecule has 0 aromatic heterocycles. The van der Waals surface area contributed by atoms with Crippen molar-refractivity contribution >= 4 is 5.97 Å². The predicted octanol–water partition coefficient (Wildman–Crippen LogP) is 5.59. The van der Waals surface area contributed by atoms with Gasteiger partial charge in [-0.3, -0.25) is 9.69 Å². The van der Waals surface area contributed by atoms with Crippen molar-refractivity contribution in [2.45, 2.75) is 51.2 Å². The van der Waals surface area contributed by atoms with E-state index in [4.69, 9.17) is 4.74 Å². The number of fused-ring (bicyclic) bond motifs is 3. The van der Waals surface area contributed by atoms with Gasteiger partial charge in [-0.1, -0.05) is 86.6 Å². The second kappa shape index (κ2) is 11.7. The van der Waals surface area contributed by atoms with Gasteiger partial charge in [-0.05, 0) is 54.0 Å². The van der Waals surface area contributed by atoms with Crippen LogP contribution in [-0.4, -0.2) is 48.3 Å². The summed E-state index contributed by atoms with van der Waals surface area (Å²) in [6, 6.07) is 28.1. The molecule has 5 heteroatoms. The van der Waals surface area contributed by atoms with Crippen LogP contribution in [0.2, 0.25) is 0 Å². The van der Waals surface area contributed by atoms with Gasteiger partial charge < -0.3 is 15.2 Å². The standard InChI is InChI=1S/C33H40N2O3/c1-22(2)18-23-14-15-29(38-3)26(19-23)20-34-31-27-16-17-35(21-28(27)33(36)37)32(31)30(24-10-6-4-7-11-24)25-12-8-5-9-13-25/h4-15,19,22,27-28,30-32,34H,16-18,20-21H2,1-3H3,(H,36,37). The van der Waals surface area contributed by atoms with E-state index >= 15 is 0 Å². The lowest BCUT2D eigenvalue weighted by molar-refractivity contribution is -0.152. The lowest BCUT2D eigenvalue weighted by Gasteiger charge is -2.56. The Labute approximate surface area is 226 Å². The third-order valence-corrected chi connectivity index (χ3v) is 8.44. The SMILES string of the molecule is COc1ccc(CC(C)C)cc1CNC1C2CCN(CC2C(=O)O)C1C(c1ccccc1)c1ccccc1. The molecule has 0 amide bonds. The molecule has 3 fully saturated rings. The van der Waals surface area contributed by atoms with Crippen LogP contribution in [-0.2, 0) is 17.8 Å². The first-order valence-electron chi connectivity index (χ1n) is 13.9. The number of rotatable bonds is 10. The molecule has 3 aliphatic heterocycles. The molecule has 6 rings (SSSR count). The molecule has 0 aliphatic carbocycles. The Kier molecular flexibility index (Phi) is 8.15. The van der Waals surface area contributed by atoms with Gasteiger partial charge in [0.25, 0.3) is 0 Å². The zero-order valence-electron chi connectivity index (χ0n) is 22.7. The number of hydrogen-bond acceptors (Lipinski definition) is 4. The maximum atomic E-state index is 12.4. The van der Waals surface area contributed by atoms with E-state index in [0.717, 1.165) is 30.7 Å². The van der Waals surface area contributed by atoms with Gasteiger partial charge in [0.1, 0.15) is 5.75 Å². The number of ether oxygens (including phenoxy) is 1. The number of carbonyl (C=O) groups is 1. The highest BCUT2D eigenvalue weighted by atomic mass is 16.5. The molecule has 2 N–H and O–H groups in total. The van der Waals surface area contributed by atoms with Crippen molar-refractivity contribution in [1.29, 1.82) is 0 Å². The molecule has 2 bridgehead atoms. The molecule has 3 aromatic rings. The second-order valence-corrected chi connectivity index (χ2v) is 11.3. The normalized spacial score (nSPS) is 24.6. The van der Waals surface area contributed by atoms with Crippen LogP contribution in [0, 0.1) is 17.8 Å². The molecule has 0 spiro atoms. The number of nitrogens with one attached hydrogen (secondary N) is 1. The zero-order valence-corrected chi connectivity index (χ0v) is 22.7. The number of methoxy groups -OCH3 is 1. The summed E-state index contributed by atoms with van der Waals surface area (Å²) in [5.74, 6) is 0.616. The number of piperidine rings is 3.